The first kappa shape index (κ1) is 12.5. The summed E-state index contributed by atoms with van der Waals surface area (Å²) in [5.41, 5.74) is 0. The molecule has 1 unspecified atom stereocenters. The van der Waals surface area contributed by atoms with Crippen molar-refractivity contribution < 1.29 is 15.0 Å². The van der Waals surface area contributed by atoms with Gasteiger partial charge in [-0.25, -0.2) is 0 Å². The Kier molecular flexibility index (Phi) is 2.82. The van der Waals surface area contributed by atoms with Crippen LogP contribution < -0.4 is 10.4 Å². The van der Waals surface area contributed by atoms with Gasteiger partial charge in [0.15, 0.2) is 5.79 Å². The van der Waals surface area contributed by atoms with E-state index in [-0.39, 0.29) is 0 Å². The smallest absolute Gasteiger partial charge is 0.196 e. The molecule has 0 aliphatic heterocycles. The second kappa shape index (κ2) is 4.27. The van der Waals surface area contributed by atoms with Crippen LogP contribution in [-0.2, 0) is 4.79 Å². The molecule has 0 bridgehead atoms. The number of carbonyl (C=O) groups is 1. The van der Waals surface area contributed by atoms with E-state index in [2.05, 4.69) is 15.9 Å². The standard InChI is InChI=1S/C15H11BrO3/c16-14-3-1-2-9-4-11-7-15(18,19)12(8-17)5-10(11)6-13(9)14/h1-8,12,18-19H. The zero-order chi connectivity index (χ0) is 13.6. The van der Waals surface area contributed by atoms with Gasteiger partial charge in [0.2, 0.25) is 0 Å². The molecule has 0 saturated heterocycles. The average Bonchev–Trinajstić information content (AvgIpc) is 2.35. The molecule has 2 N–H and O–H groups in total. The molecule has 19 heavy (non-hydrogen) atoms. The number of aliphatic hydroxyl groups is 2. The highest BCUT2D eigenvalue weighted by atomic mass is 79.9. The summed E-state index contributed by atoms with van der Waals surface area (Å²) in [7, 11) is 0. The SMILES string of the molecule is O=CC1C=c2cc3c(Br)cccc3cc2=CC1(O)O. The topological polar surface area (TPSA) is 57.5 Å². The maximum Gasteiger partial charge on any atom is 0.196 e. The Morgan fingerprint density at radius 1 is 1.21 bits per heavy atom. The van der Waals surface area contributed by atoms with E-state index in [1.165, 1.54) is 6.08 Å². The van der Waals surface area contributed by atoms with Gasteiger partial charge in [0, 0.05) is 4.47 Å². The largest absolute Gasteiger partial charge is 0.362 e. The summed E-state index contributed by atoms with van der Waals surface area (Å²) in [6, 6.07) is 9.65. The second-order valence-corrected chi connectivity index (χ2v) is 5.55. The van der Waals surface area contributed by atoms with Crippen LogP contribution in [0.3, 0.4) is 0 Å². The van der Waals surface area contributed by atoms with Gasteiger partial charge < -0.3 is 15.0 Å². The van der Waals surface area contributed by atoms with Crippen LogP contribution in [0, 0.1) is 5.92 Å². The fourth-order valence-corrected chi connectivity index (χ4v) is 2.87. The van der Waals surface area contributed by atoms with Crippen molar-refractivity contribution in [3.8, 4) is 0 Å². The fourth-order valence-electron chi connectivity index (χ4n) is 2.37. The molecule has 2 aromatic carbocycles. The van der Waals surface area contributed by atoms with Gasteiger partial charge in [-0.1, -0.05) is 34.1 Å². The molecule has 0 heterocycles. The Balaban J connectivity index is 2.41. The van der Waals surface area contributed by atoms with Crippen LogP contribution in [0.25, 0.3) is 22.9 Å². The summed E-state index contributed by atoms with van der Waals surface area (Å²) < 4.78 is 0.966. The molecule has 0 saturated carbocycles. The lowest BCUT2D eigenvalue weighted by Gasteiger charge is -2.24. The van der Waals surface area contributed by atoms with E-state index < -0.39 is 11.7 Å². The first-order valence-corrected chi connectivity index (χ1v) is 6.63. The predicted octanol–water partition coefficient (Wildman–Crippen LogP) is 0.673. The Morgan fingerprint density at radius 2 is 2.00 bits per heavy atom. The molecular weight excluding hydrogens is 308 g/mol. The van der Waals surface area contributed by atoms with Crippen LogP contribution in [0.4, 0.5) is 0 Å². The lowest BCUT2D eigenvalue weighted by Crippen LogP contribution is -2.44. The van der Waals surface area contributed by atoms with Gasteiger partial charge in [-0.3, -0.25) is 0 Å². The van der Waals surface area contributed by atoms with E-state index >= 15 is 0 Å². The van der Waals surface area contributed by atoms with Gasteiger partial charge in [-0.15, -0.1) is 0 Å². The quantitative estimate of drug-likeness (QED) is 0.600. The molecule has 0 aromatic heterocycles. The molecule has 0 spiro atoms. The van der Waals surface area contributed by atoms with Crippen LogP contribution in [-0.4, -0.2) is 22.3 Å². The lowest BCUT2D eigenvalue weighted by atomic mass is 9.91. The molecule has 0 fully saturated rings. The number of hydrogen-bond acceptors (Lipinski definition) is 3. The summed E-state index contributed by atoms with van der Waals surface area (Å²) >= 11 is 3.49. The van der Waals surface area contributed by atoms with Gasteiger partial charge >= 0.3 is 0 Å². The Morgan fingerprint density at radius 3 is 2.74 bits per heavy atom. The molecule has 0 amide bonds. The highest BCUT2D eigenvalue weighted by molar-refractivity contribution is 9.10. The van der Waals surface area contributed by atoms with Crippen LogP contribution in [0.1, 0.15) is 0 Å². The fraction of sp³-hybridized carbons (Fsp3) is 0.133. The zero-order valence-corrected chi connectivity index (χ0v) is 11.5. The van der Waals surface area contributed by atoms with Crippen molar-refractivity contribution in [2.45, 2.75) is 5.79 Å². The van der Waals surface area contributed by atoms with Gasteiger partial charge in [0.05, 0.1) is 5.92 Å². The predicted molar refractivity (Wildman–Crippen MR) is 76.6 cm³/mol. The van der Waals surface area contributed by atoms with E-state index in [1.54, 1.807) is 6.08 Å². The Bertz CT molecular complexity index is 793. The average molecular weight is 319 g/mol. The number of hydrogen-bond donors (Lipinski definition) is 2. The normalized spacial score (nSPS) is 20.3. The van der Waals surface area contributed by atoms with Gasteiger partial charge in [-0.05, 0) is 45.5 Å². The minimum absolute atomic E-state index is 0.545. The van der Waals surface area contributed by atoms with Gasteiger partial charge in [0.1, 0.15) is 6.29 Å². The molecule has 1 aliphatic carbocycles. The van der Waals surface area contributed by atoms with E-state index in [4.69, 9.17) is 0 Å². The number of halogens is 1. The summed E-state index contributed by atoms with van der Waals surface area (Å²) in [5.74, 6) is -3.06. The number of benzene rings is 2. The van der Waals surface area contributed by atoms with Crippen LogP contribution in [0.15, 0.2) is 34.8 Å². The summed E-state index contributed by atoms with van der Waals surface area (Å²) in [4.78, 5) is 10.9. The van der Waals surface area contributed by atoms with Crippen molar-refractivity contribution in [1.29, 1.82) is 0 Å². The van der Waals surface area contributed by atoms with Crippen molar-refractivity contribution in [2.75, 3.05) is 0 Å². The molecule has 0 radical (unpaired) electrons. The molecule has 1 atom stereocenters. The van der Waals surface area contributed by atoms with Crippen molar-refractivity contribution in [3.05, 3.63) is 45.2 Å². The van der Waals surface area contributed by atoms with Gasteiger partial charge in [-0.2, -0.15) is 0 Å². The summed E-state index contributed by atoms with van der Waals surface area (Å²) in [6.07, 6.45) is 3.45. The number of carbonyl (C=O) groups excluding carboxylic acids is 1. The monoisotopic (exact) mass is 318 g/mol. The first-order chi connectivity index (χ1) is 9.01. The highest BCUT2D eigenvalue weighted by Gasteiger charge is 2.32. The van der Waals surface area contributed by atoms with Crippen LogP contribution in [0.2, 0.25) is 0 Å². The molecule has 3 rings (SSSR count). The third-order valence-electron chi connectivity index (χ3n) is 3.40. The van der Waals surface area contributed by atoms with E-state index in [0.717, 1.165) is 20.5 Å². The number of rotatable bonds is 1. The van der Waals surface area contributed by atoms with E-state index in [9.17, 15) is 15.0 Å². The van der Waals surface area contributed by atoms with Gasteiger partial charge in [0.25, 0.3) is 0 Å². The summed E-state index contributed by atoms with van der Waals surface area (Å²) in [5, 5.41) is 23.2. The lowest BCUT2D eigenvalue weighted by molar-refractivity contribution is -0.143. The molecule has 96 valence electrons. The minimum atomic E-state index is -2.12. The Hall–Kier alpha value is -1.49. The third-order valence-corrected chi connectivity index (χ3v) is 4.09. The molecule has 1 aliphatic rings. The minimum Gasteiger partial charge on any atom is -0.362 e. The second-order valence-electron chi connectivity index (χ2n) is 4.70. The Labute approximate surface area is 117 Å². The maximum absolute atomic E-state index is 10.9. The zero-order valence-electron chi connectivity index (χ0n) is 9.88. The molecular formula is C15H11BrO3. The maximum atomic E-state index is 10.9. The highest BCUT2D eigenvalue weighted by Crippen LogP contribution is 2.23. The van der Waals surface area contributed by atoms with Crippen molar-refractivity contribution in [2.24, 2.45) is 5.92 Å². The van der Waals surface area contributed by atoms with Crippen LogP contribution in [0.5, 0.6) is 0 Å². The molecule has 4 heteroatoms. The van der Waals surface area contributed by atoms with E-state index in [1.807, 2.05) is 30.3 Å². The molecule has 2 aromatic rings. The third kappa shape index (κ3) is 2.02. The van der Waals surface area contributed by atoms with Crippen molar-refractivity contribution >= 4 is 45.1 Å². The number of aldehydes is 1. The van der Waals surface area contributed by atoms with Crippen LogP contribution >= 0.6 is 15.9 Å². The number of fused-ring (bicyclic) bond motifs is 2. The van der Waals surface area contributed by atoms with Crippen molar-refractivity contribution in [1.82, 2.24) is 0 Å². The first-order valence-electron chi connectivity index (χ1n) is 5.84. The molecule has 3 nitrogen and oxygen atoms in total. The van der Waals surface area contributed by atoms with Crippen molar-refractivity contribution in [3.63, 3.8) is 0 Å². The van der Waals surface area contributed by atoms with E-state index in [0.29, 0.717) is 11.5 Å². The summed E-state index contributed by atoms with van der Waals surface area (Å²) in [6.45, 7) is 0.